The third-order valence-electron chi connectivity index (χ3n) is 6.08. The molecular formula is C26H25N3O3. The fourth-order valence-electron chi connectivity index (χ4n) is 4.65. The van der Waals surface area contributed by atoms with Crippen molar-refractivity contribution < 1.29 is 14.3 Å². The van der Waals surface area contributed by atoms with E-state index in [1.165, 1.54) is 4.90 Å². The normalized spacial score (nSPS) is 22.9. The molecule has 6 heteroatoms. The molecule has 0 aromatic heterocycles. The second kappa shape index (κ2) is 8.57. The second-order valence-corrected chi connectivity index (χ2v) is 8.04. The maximum Gasteiger partial charge on any atom is 0.253 e. The summed E-state index contributed by atoms with van der Waals surface area (Å²) in [7, 11) is 0. The molecule has 2 amide bonds. The third-order valence-corrected chi connectivity index (χ3v) is 6.08. The Morgan fingerprint density at radius 3 is 2.16 bits per heavy atom. The fraction of sp³-hybridized carbons (Fsp3) is 0.231. The first-order valence-electron chi connectivity index (χ1n) is 10.9. The van der Waals surface area contributed by atoms with Crippen molar-refractivity contribution in [1.82, 2.24) is 10.4 Å². The maximum atomic E-state index is 13.6. The predicted molar refractivity (Wildman–Crippen MR) is 122 cm³/mol. The van der Waals surface area contributed by atoms with Crippen molar-refractivity contribution in [2.75, 3.05) is 11.5 Å². The van der Waals surface area contributed by atoms with Gasteiger partial charge < -0.3 is 4.74 Å². The van der Waals surface area contributed by atoms with Crippen molar-refractivity contribution in [2.24, 2.45) is 5.92 Å². The van der Waals surface area contributed by atoms with Crippen LogP contribution in [0.15, 0.2) is 84.9 Å². The van der Waals surface area contributed by atoms with E-state index in [0.29, 0.717) is 24.6 Å². The minimum atomic E-state index is -0.570. The number of ether oxygens (including phenoxy) is 1. The van der Waals surface area contributed by atoms with Gasteiger partial charge in [-0.05, 0) is 42.3 Å². The number of amides is 2. The topological polar surface area (TPSA) is 61.9 Å². The highest BCUT2D eigenvalue weighted by atomic mass is 16.5. The molecular weight excluding hydrogens is 402 g/mol. The van der Waals surface area contributed by atoms with Gasteiger partial charge in [-0.3, -0.25) is 9.59 Å². The summed E-state index contributed by atoms with van der Waals surface area (Å²) in [5.41, 5.74) is 6.10. The molecule has 162 valence electrons. The van der Waals surface area contributed by atoms with Crippen molar-refractivity contribution in [3.8, 4) is 5.75 Å². The number of hydrogen-bond acceptors (Lipinski definition) is 5. The smallest absolute Gasteiger partial charge is 0.253 e. The average Bonchev–Trinajstić information content (AvgIpc) is 3.32. The van der Waals surface area contributed by atoms with Crippen LogP contribution in [-0.2, 0) is 16.1 Å². The zero-order chi connectivity index (χ0) is 22.1. The molecule has 0 bridgehead atoms. The molecule has 0 radical (unpaired) electrons. The van der Waals surface area contributed by atoms with Crippen LogP contribution in [-0.4, -0.2) is 29.5 Å². The summed E-state index contributed by atoms with van der Waals surface area (Å²) in [6, 6.07) is 26.1. The number of carbonyl (C=O) groups excluding carboxylic acids is 2. The Labute approximate surface area is 187 Å². The second-order valence-electron chi connectivity index (χ2n) is 8.04. The van der Waals surface area contributed by atoms with E-state index >= 15 is 0 Å². The fourth-order valence-corrected chi connectivity index (χ4v) is 4.65. The molecule has 2 saturated heterocycles. The highest BCUT2D eigenvalue weighted by molar-refractivity contribution is 6.24. The highest BCUT2D eigenvalue weighted by Crippen LogP contribution is 2.42. The van der Waals surface area contributed by atoms with Gasteiger partial charge in [-0.25, -0.2) is 15.3 Å². The molecule has 5 rings (SSSR count). The number of rotatable bonds is 6. The SMILES string of the molecule is CCOc1ccc(N2C(=O)[C@@H]3[C@@H](c4ccccc4)NN(Cc4ccccc4)[C@H]3C2=O)cc1. The minimum absolute atomic E-state index is 0.180. The summed E-state index contributed by atoms with van der Waals surface area (Å²) in [6.07, 6.45) is 0. The number of hydrazine groups is 1. The number of imide groups is 1. The molecule has 0 unspecified atom stereocenters. The molecule has 0 spiro atoms. The van der Waals surface area contributed by atoms with E-state index in [1.54, 1.807) is 24.3 Å². The predicted octanol–water partition coefficient (Wildman–Crippen LogP) is 3.71. The zero-order valence-electron chi connectivity index (χ0n) is 17.8. The average molecular weight is 428 g/mol. The van der Waals surface area contributed by atoms with Gasteiger partial charge in [0.05, 0.1) is 24.3 Å². The van der Waals surface area contributed by atoms with Crippen LogP contribution in [0.4, 0.5) is 5.69 Å². The lowest BCUT2D eigenvalue weighted by atomic mass is 9.91. The molecule has 2 aliphatic heterocycles. The molecule has 3 aromatic carbocycles. The molecule has 2 fully saturated rings. The lowest BCUT2D eigenvalue weighted by Gasteiger charge is -2.25. The summed E-state index contributed by atoms with van der Waals surface area (Å²) in [5, 5.41) is 1.92. The molecule has 0 aliphatic carbocycles. The first-order chi connectivity index (χ1) is 15.7. The van der Waals surface area contributed by atoms with Gasteiger partial charge >= 0.3 is 0 Å². The number of nitrogens with one attached hydrogen (secondary N) is 1. The van der Waals surface area contributed by atoms with E-state index < -0.39 is 12.0 Å². The number of anilines is 1. The molecule has 0 saturated carbocycles. The number of benzene rings is 3. The Balaban J connectivity index is 1.50. The van der Waals surface area contributed by atoms with Crippen molar-refractivity contribution in [3.05, 3.63) is 96.1 Å². The van der Waals surface area contributed by atoms with E-state index in [9.17, 15) is 9.59 Å². The maximum absolute atomic E-state index is 13.6. The molecule has 3 aromatic rings. The largest absolute Gasteiger partial charge is 0.494 e. The van der Waals surface area contributed by atoms with E-state index in [2.05, 4.69) is 5.43 Å². The van der Waals surface area contributed by atoms with Crippen LogP contribution in [0.25, 0.3) is 0 Å². The molecule has 6 nitrogen and oxygen atoms in total. The molecule has 1 N–H and O–H groups in total. The standard InChI is InChI=1S/C26H25N3O3/c1-2-32-21-15-13-20(14-16-21)29-25(30)22-23(19-11-7-4-8-12-19)27-28(24(22)26(29)31)17-18-9-5-3-6-10-18/h3-16,22-24,27H,2,17H2,1H3/t22-,23-,24-/m1/s1. The lowest BCUT2D eigenvalue weighted by Crippen LogP contribution is -2.45. The Bertz CT molecular complexity index is 1100. The highest BCUT2D eigenvalue weighted by Gasteiger charge is 2.58. The van der Waals surface area contributed by atoms with E-state index in [4.69, 9.17) is 4.74 Å². The Morgan fingerprint density at radius 2 is 1.50 bits per heavy atom. The third kappa shape index (κ3) is 3.57. The van der Waals surface area contributed by atoms with Crippen LogP contribution in [0.2, 0.25) is 0 Å². The van der Waals surface area contributed by atoms with Gasteiger partial charge in [0.15, 0.2) is 0 Å². The number of carbonyl (C=O) groups is 2. The van der Waals surface area contributed by atoms with Crippen LogP contribution in [0.3, 0.4) is 0 Å². The van der Waals surface area contributed by atoms with Crippen LogP contribution in [0.1, 0.15) is 24.1 Å². The minimum Gasteiger partial charge on any atom is -0.494 e. The van der Waals surface area contributed by atoms with E-state index in [-0.39, 0.29) is 17.9 Å². The van der Waals surface area contributed by atoms with Crippen LogP contribution in [0.5, 0.6) is 5.75 Å². The Hall–Kier alpha value is -3.48. The lowest BCUT2D eigenvalue weighted by molar-refractivity contribution is -0.124. The summed E-state index contributed by atoms with van der Waals surface area (Å²) in [6.45, 7) is 3.01. The summed E-state index contributed by atoms with van der Waals surface area (Å²) in [5.74, 6) is -0.169. The van der Waals surface area contributed by atoms with Gasteiger partial charge in [-0.1, -0.05) is 60.7 Å². The van der Waals surface area contributed by atoms with E-state index in [0.717, 1.165) is 11.1 Å². The van der Waals surface area contributed by atoms with Crippen molar-refractivity contribution >= 4 is 17.5 Å². The van der Waals surface area contributed by atoms with E-state index in [1.807, 2.05) is 72.6 Å². The van der Waals surface area contributed by atoms with Crippen LogP contribution < -0.4 is 15.1 Å². The summed E-state index contributed by atoms with van der Waals surface area (Å²) < 4.78 is 5.50. The summed E-state index contributed by atoms with van der Waals surface area (Å²) >= 11 is 0. The van der Waals surface area contributed by atoms with Crippen LogP contribution in [0, 0.1) is 5.92 Å². The summed E-state index contributed by atoms with van der Waals surface area (Å²) in [4.78, 5) is 28.5. The van der Waals surface area contributed by atoms with Crippen molar-refractivity contribution in [1.29, 1.82) is 0 Å². The van der Waals surface area contributed by atoms with Gasteiger partial charge in [-0.2, -0.15) is 0 Å². The molecule has 2 aliphatic rings. The first kappa shape index (κ1) is 20.4. The number of fused-ring (bicyclic) bond motifs is 1. The Morgan fingerprint density at radius 1 is 0.844 bits per heavy atom. The van der Waals surface area contributed by atoms with Gasteiger partial charge in [-0.15, -0.1) is 0 Å². The molecule has 2 heterocycles. The van der Waals surface area contributed by atoms with Gasteiger partial charge in [0.25, 0.3) is 5.91 Å². The van der Waals surface area contributed by atoms with Gasteiger partial charge in [0, 0.05) is 6.54 Å². The molecule has 3 atom stereocenters. The van der Waals surface area contributed by atoms with Gasteiger partial charge in [0.1, 0.15) is 11.8 Å². The first-order valence-corrected chi connectivity index (χ1v) is 10.9. The van der Waals surface area contributed by atoms with Crippen molar-refractivity contribution in [3.63, 3.8) is 0 Å². The zero-order valence-corrected chi connectivity index (χ0v) is 17.8. The number of nitrogens with zero attached hydrogens (tertiary/aromatic N) is 2. The van der Waals surface area contributed by atoms with Crippen molar-refractivity contribution in [2.45, 2.75) is 25.6 Å². The monoisotopic (exact) mass is 427 g/mol. The Kier molecular flexibility index (Phi) is 5.47. The van der Waals surface area contributed by atoms with Gasteiger partial charge in [0.2, 0.25) is 5.91 Å². The number of hydrogen-bond donors (Lipinski definition) is 1. The van der Waals surface area contributed by atoms with Crippen LogP contribution >= 0.6 is 0 Å². The molecule has 32 heavy (non-hydrogen) atoms. The quantitative estimate of drug-likeness (QED) is 0.608.